The van der Waals surface area contributed by atoms with E-state index < -0.39 is 0 Å². The number of nitrogens with zero attached hydrogens (tertiary/aromatic N) is 2. The Bertz CT molecular complexity index is 668. The highest BCUT2D eigenvalue weighted by molar-refractivity contribution is 7.99. The molecule has 1 saturated heterocycles. The number of hydrogen-bond acceptors (Lipinski definition) is 5. The topological polar surface area (TPSA) is 46.3 Å². The summed E-state index contributed by atoms with van der Waals surface area (Å²) in [5.74, 6) is 1.59. The molecule has 1 aromatic heterocycles. The fraction of sp³-hybridized carbons (Fsp3) is 0.474. The summed E-state index contributed by atoms with van der Waals surface area (Å²) < 4.78 is 6.08. The van der Waals surface area contributed by atoms with E-state index in [1.165, 1.54) is 18.4 Å². The predicted molar refractivity (Wildman–Crippen MR) is 98.2 cm³/mol. The summed E-state index contributed by atoms with van der Waals surface area (Å²) in [6, 6.07) is 8.46. The van der Waals surface area contributed by atoms with Gasteiger partial charge in [-0.25, -0.2) is 4.98 Å². The number of carbonyl (C=O) groups is 1. The maximum absolute atomic E-state index is 11.2. The van der Waals surface area contributed by atoms with Gasteiger partial charge in [-0.1, -0.05) is 36.2 Å². The zero-order chi connectivity index (χ0) is 16.9. The predicted octanol–water partition coefficient (Wildman–Crippen LogP) is 4.11. The van der Waals surface area contributed by atoms with Crippen LogP contribution in [0.3, 0.4) is 0 Å². The number of thioether (sulfide) groups is 1. The van der Waals surface area contributed by atoms with Crippen LogP contribution in [0.25, 0.3) is 11.3 Å². The van der Waals surface area contributed by atoms with E-state index in [0.717, 1.165) is 43.0 Å². The average Bonchev–Trinajstić information content (AvgIpc) is 3.10. The van der Waals surface area contributed by atoms with Crippen molar-refractivity contribution in [3.8, 4) is 11.3 Å². The summed E-state index contributed by atoms with van der Waals surface area (Å²) in [6.07, 6.45) is 8.23. The van der Waals surface area contributed by atoms with Crippen molar-refractivity contribution in [3.05, 3.63) is 41.9 Å². The second-order valence-corrected chi connectivity index (χ2v) is 7.42. The molecule has 0 saturated carbocycles. The quantitative estimate of drug-likeness (QED) is 0.738. The van der Waals surface area contributed by atoms with E-state index in [4.69, 9.17) is 4.42 Å². The Balaban J connectivity index is 1.78. The molecule has 128 valence electrons. The molecule has 1 aromatic carbocycles. The second-order valence-electron chi connectivity index (χ2n) is 6.35. The summed E-state index contributed by atoms with van der Waals surface area (Å²) >= 11 is 1.60. The maximum atomic E-state index is 11.2. The summed E-state index contributed by atoms with van der Waals surface area (Å²) in [5.41, 5.74) is 2.28. The molecule has 2 heterocycles. The number of piperidine rings is 1. The smallest absolute Gasteiger partial charge is 0.212 e. The lowest BCUT2D eigenvalue weighted by atomic mass is 10.0. The first kappa shape index (κ1) is 17.2. The zero-order valence-electron chi connectivity index (χ0n) is 14.3. The van der Waals surface area contributed by atoms with Gasteiger partial charge in [0.15, 0.2) is 5.76 Å². The van der Waals surface area contributed by atoms with Crippen LogP contribution in [0.2, 0.25) is 0 Å². The molecular weight excluding hydrogens is 320 g/mol. The lowest BCUT2D eigenvalue weighted by molar-refractivity contribution is -0.107. The lowest BCUT2D eigenvalue weighted by Crippen LogP contribution is -2.38. The summed E-state index contributed by atoms with van der Waals surface area (Å²) in [4.78, 5) is 18.1. The summed E-state index contributed by atoms with van der Waals surface area (Å²) in [7, 11) is 0. The normalized spacial score (nSPS) is 20.0. The van der Waals surface area contributed by atoms with E-state index in [2.05, 4.69) is 41.1 Å². The van der Waals surface area contributed by atoms with Crippen LogP contribution in [-0.4, -0.2) is 40.8 Å². The third kappa shape index (κ3) is 3.90. The number of aryl methyl sites for hydroxylation is 1. The molecule has 5 heteroatoms. The van der Waals surface area contributed by atoms with Gasteiger partial charge in [-0.3, -0.25) is 4.90 Å². The van der Waals surface area contributed by atoms with Crippen molar-refractivity contribution in [2.45, 2.75) is 37.5 Å². The van der Waals surface area contributed by atoms with Crippen LogP contribution in [0.1, 0.15) is 36.8 Å². The van der Waals surface area contributed by atoms with Gasteiger partial charge in [0.25, 0.3) is 0 Å². The molecule has 1 aliphatic heterocycles. The first-order valence-corrected chi connectivity index (χ1v) is 9.75. The molecule has 1 unspecified atom stereocenters. The Hall–Kier alpha value is -1.59. The highest BCUT2D eigenvalue weighted by atomic mass is 32.2. The van der Waals surface area contributed by atoms with Gasteiger partial charge in [0, 0.05) is 12.1 Å². The third-order valence-electron chi connectivity index (χ3n) is 4.63. The van der Waals surface area contributed by atoms with Gasteiger partial charge in [-0.05, 0) is 32.6 Å². The molecule has 4 nitrogen and oxygen atoms in total. The number of aromatic nitrogens is 1. The highest BCUT2D eigenvalue weighted by Gasteiger charge is 2.29. The molecule has 0 spiro atoms. The van der Waals surface area contributed by atoms with E-state index in [1.54, 1.807) is 11.8 Å². The first-order chi connectivity index (χ1) is 11.7. The number of rotatable bonds is 6. The van der Waals surface area contributed by atoms with Crippen LogP contribution in [0.5, 0.6) is 0 Å². The maximum Gasteiger partial charge on any atom is 0.212 e. The van der Waals surface area contributed by atoms with Crippen molar-refractivity contribution >= 4 is 18.0 Å². The fourth-order valence-electron chi connectivity index (χ4n) is 3.19. The molecule has 0 bridgehead atoms. The SMILES string of the molecule is CSC(C=O)CN1CCCC[C@@H]1c1ncc(-c2ccc(C)cc2)o1. The van der Waals surface area contributed by atoms with Crippen molar-refractivity contribution in [3.63, 3.8) is 0 Å². The van der Waals surface area contributed by atoms with Crippen LogP contribution < -0.4 is 0 Å². The Morgan fingerprint density at radius 1 is 1.38 bits per heavy atom. The van der Waals surface area contributed by atoms with Gasteiger partial charge in [0.1, 0.15) is 6.29 Å². The largest absolute Gasteiger partial charge is 0.439 e. The van der Waals surface area contributed by atoms with Crippen LogP contribution >= 0.6 is 11.8 Å². The molecule has 2 aromatic rings. The average molecular weight is 344 g/mol. The number of benzene rings is 1. The number of likely N-dealkylation sites (tertiary alicyclic amines) is 1. The minimum atomic E-state index is 0.0112. The minimum Gasteiger partial charge on any atom is -0.439 e. The standard InChI is InChI=1S/C19H24N2O2S/c1-14-6-8-15(9-7-14)18-11-20-19(23-18)17-5-3-4-10-21(17)12-16(13-22)24-2/h6-9,11,13,16-17H,3-5,10,12H2,1-2H3/t16?,17-/m1/s1. The number of aldehydes is 1. The molecule has 0 radical (unpaired) electrons. The van der Waals surface area contributed by atoms with E-state index in [0.29, 0.717) is 0 Å². The Morgan fingerprint density at radius 3 is 2.88 bits per heavy atom. The third-order valence-corrected chi connectivity index (χ3v) is 5.49. The van der Waals surface area contributed by atoms with Crippen LogP contribution in [-0.2, 0) is 4.79 Å². The molecule has 1 aliphatic rings. The van der Waals surface area contributed by atoms with Crippen molar-refractivity contribution in [1.82, 2.24) is 9.88 Å². The van der Waals surface area contributed by atoms with Crippen LogP contribution in [0.15, 0.2) is 34.9 Å². The van der Waals surface area contributed by atoms with Gasteiger partial charge < -0.3 is 9.21 Å². The Labute approximate surface area is 147 Å². The number of hydrogen-bond donors (Lipinski definition) is 0. The molecule has 0 aliphatic carbocycles. The highest BCUT2D eigenvalue weighted by Crippen LogP contribution is 2.33. The zero-order valence-corrected chi connectivity index (χ0v) is 15.1. The van der Waals surface area contributed by atoms with Crippen molar-refractivity contribution in [1.29, 1.82) is 0 Å². The van der Waals surface area contributed by atoms with Crippen molar-refractivity contribution < 1.29 is 9.21 Å². The van der Waals surface area contributed by atoms with E-state index in [9.17, 15) is 4.79 Å². The molecule has 1 fully saturated rings. The van der Waals surface area contributed by atoms with Gasteiger partial charge in [0.05, 0.1) is 17.5 Å². The van der Waals surface area contributed by atoms with Crippen LogP contribution in [0, 0.1) is 6.92 Å². The van der Waals surface area contributed by atoms with E-state index in [-0.39, 0.29) is 11.3 Å². The van der Waals surface area contributed by atoms with Crippen molar-refractivity contribution in [2.75, 3.05) is 19.3 Å². The molecule has 2 atom stereocenters. The summed E-state index contributed by atoms with van der Waals surface area (Å²) in [6.45, 7) is 3.83. The number of carbonyl (C=O) groups excluding carboxylic acids is 1. The van der Waals surface area contributed by atoms with Gasteiger partial charge in [0.2, 0.25) is 5.89 Å². The summed E-state index contributed by atoms with van der Waals surface area (Å²) in [5, 5.41) is 0.0112. The van der Waals surface area contributed by atoms with E-state index >= 15 is 0 Å². The van der Waals surface area contributed by atoms with Crippen molar-refractivity contribution in [2.24, 2.45) is 0 Å². The monoisotopic (exact) mass is 344 g/mol. The lowest BCUT2D eigenvalue weighted by Gasteiger charge is -2.34. The van der Waals surface area contributed by atoms with E-state index in [1.807, 2.05) is 12.5 Å². The molecule has 0 N–H and O–H groups in total. The number of oxazole rings is 1. The molecule has 0 amide bonds. The minimum absolute atomic E-state index is 0.0112. The Kier molecular flexibility index (Phi) is 5.74. The first-order valence-electron chi connectivity index (χ1n) is 8.46. The van der Waals surface area contributed by atoms with Gasteiger partial charge >= 0.3 is 0 Å². The Morgan fingerprint density at radius 2 is 2.17 bits per heavy atom. The molecule has 3 rings (SSSR count). The van der Waals surface area contributed by atoms with Gasteiger partial charge in [-0.2, -0.15) is 11.8 Å². The molecule has 24 heavy (non-hydrogen) atoms. The van der Waals surface area contributed by atoms with Gasteiger partial charge in [-0.15, -0.1) is 0 Å². The second kappa shape index (κ2) is 7.99. The molecular formula is C19H24N2O2S. The fourth-order valence-corrected chi connectivity index (χ4v) is 3.64. The van der Waals surface area contributed by atoms with Crippen LogP contribution in [0.4, 0.5) is 0 Å².